The highest BCUT2D eigenvalue weighted by molar-refractivity contribution is 7.47. The van der Waals surface area contributed by atoms with Crippen molar-refractivity contribution in [2.45, 2.75) is 296 Å². The van der Waals surface area contributed by atoms with Crippen molar-refractivity contribution in [2.24, 2.45) is 5.73 Å². The van der Waals surface area contributed by atoms with Crippen molar-refractivity contribution < 1.29 is 37.6 Å². The number of phosphoric acid groups is 1. The van der Waals surface area contributed by atoms with Gasteiger partial charge in [0.1, 0.15) is 6.61 Å². The molecule has 2 atom stereocenters. The van der Waals surface area contributed by atoms with Crippen molar-refractivity contribution in [1.82, 2.24) is 0 Å². The third kappa shape index (κ3) is 58.7. The lowest BCUT2D eigenvalue weighted by Gasteiger charge is -2.19. The molecule has 0 radical (unpaired) electrons. The number of allylic oxidation sites excluding steroid dienone is 12. The standard InChI is InChI=1S/C64H116NO8P/c1-3-5-7-9-11-13-15-17-19-21-23-25-27-28-29-30-31-32-33-35-36-38-40-42-44-46-48-50-52-54-56-63(66)70-60-62(61-72-74(68,69)71-59-58-65)73-64(67)57-55-53-51-49-47-45-43-41-39-37-34-26-24-22-20-18-16-14-12-10-8-6-4-2/h6,8,12,14,18,20,24,26,37,39,43,45,62H,3-5,7,9-11,13,15-17,19,21-23,25,27-36,38,40-42,44,46-61,65H2,1-2H3,(H,68,69)/b8-6-,14-12-,20-18-,26-24-,39-37-,45-43-. The Labute approximate surface area is 456 Å². The number of ether oxygens (including phenoxy) is 2. The van der Waals surface area contributed by atoms with Gasteiger partial charge in [0.2, 0.25) is 0 Å². The maximum Gasteiger partial charge on any atom is 0.472 e. The molecule has 0 bridgehead atoms. The summed E-state index contributed by atoms with van der Waals surface area (Å²) >= 11 is 0. The smallest absolute Gasteiger partial charge is 0.462 e. The molecule has 0 aliphatic rings. The van der Waals surface area contributed by atoms with E-state index in [9.17, 15) is 19.0 Å². The number of carbonyl (C=O) groups excluding carboxylic acids is 2. The second-order valence-electron chi connectivity index (χ2n) is 20.6. The van der Waals surface area contributed by atoms with Gasteiger partial charge in [-0.05, 0) is 64.2 Å². The molecule has 74 heavy (non-hydrogen) atoms. The van der Waals surface area contributed by atoms with Crippen molar-refractivity contribution in [2.75, 3.05) is 26.4 Å². The number of hydrogen-bond acceptors (Lipinski definition) is 8. The van der Waals surface area contributed by atoms with E-state index >= 15 is 0 Å². The monoisotopic (exact) mass is 1060 g/mol. The van der Waals surface area contributed by atoms with E-state index in [1.165, 1.54) is 173 Å². The summed E-state index contributed by atoms with van der Waals surface area (Å²) < 4.78 is 33.0. The van der Waals surface area contributed by atoms with Crippen LogP contribution in [0.5, 0.6) is 0 Å². The topological polar surface area (TPSA) is 134 Å². The number of hydrogen-bond donors (Lipinski definition) is 2. The summed E-state index contributed by atoms with van der Waals surface area (Å²) in [5.74, 6) is -0.849. The Bertz CT molecular complexity index is 1440. The van der Waals surface area contributed by atoms with E-state index in [0.717, 1.165) is 83.5 Å². The van der Waals surface area contributed by atoms with Crippen LogP contribution in [-0.2, 0) is 32.7 Å². The van der Waals surface area contributed by atoms with Crippen molar-refractivity contribution in [3.8, 4) is 0 Å². The lowest BCUT2D eigenvalue weighted by atomic mass is 10.0. The third-order valence-electron chi connectivity index (χ3n) is 13.4. The SMILES string of the molecule is CC/C=C\C/C=C\C/C=C\C/C=C\C/C=C\C/C=C\CCCCCCC(=O)OC(COC(=O)CCCCCCCCCCCCCCCCCCCCCCCCCCCCCCCC)COP(=O)(O)OCCN. The fourth-order valence-corrected chi connectivity index (χ4v) is 9.58. The Morgan fingerprint density at radius 2 is 0.743 bits per heavy atom. The van der Waals surface area contributed by atoms with Gasteiger partial charge in [0, 0.05) is 19.4 Å². The molecule has 10 heteroatoms. The summed E-state index contributed by atoms with van der Waals surface area (Å²) in [6, 6.07) is 0. The van der Waals surface area contributed by atoms with E-state index in [-0.39, 0.29) is 38.6 Å². The van der Waals surface area contributed by atoms with Crippen LogP contribution in [0, 0.1) is 0 Å². The Hall–Kier alpha value is -2.55. The predicted molar refractivity (Wildman–Crippen MR) is 316 cm³/mol. The number of rotatable bonds is 58. The third-order valence-corrected chi connectivity index (χ3v) is 14.3. The average Bonchev–Trinajstić information content (AvgIpc) is 3.39. The first-order valence-electron chi connectivity index (χ1n) is 30.9. The van der Waals surface area contributed by atoms with Crippen LogP contribution < -0.4 is 5.73 Å². The van der Waals surface area contributed by atoms with Crippen molar-refractivity contribution >= 4 is 19.8 Å². The van der Waals surface area contributed by atoms with Gasteiger partial charge < -0.3 is 20.1 Å². The second-order valence-corrected chi connectivity index (χ2v) is 22.0. The first kappa shape index (κ1) is 71.5. The van der Waals surface area contributed by atoms with Gasteiger partial charge in [-0.1, -0.05) is 286 Å². The van der Waals surface area contributed by atoms with Crippen molar-refractivity contribution in [3.63, 3.8) is 0 Å². The van der Waals surface area contributed by atoms with E-state index < -0.39 is 26.5 Å². The molecule has 430 valence electrons. The highest BCUT2D eigenvalue weighted by atomic mass is 31.2. The van der Waals surface area contributed by atoms with Crippen LogP contribution in [0.1, 0.15) is 290 Å². The molecule has 0 aromatic carbocycles. The van der Waals surface area contributed by atoms with Crippen LogP contribution in [0.15, 0.2) is 72.9 Å². The van der Waals surface area contributed by atoms with Crippen LogP contribution in [0.25, 0.3) is 0 Å². The lowest BCUT2D eigenvalue weighted by molar-refractivity contribution is -0.161. The zero-order valence-electron chi connectivity index (χ0n) is 48.1. The first-order valence-corrected chi connectivity index (χ1v) is 32.4. The first-order chi connectivity index (χ1) is 36.3. The molecule has 0 aliphatic heterocycles. The minimum atomic E-state index is -4.40. The van der Waals surface area contributed by atoms with Crippen LogP contribution in [0.4, 0.5) is 0 Å². The molecule has 9 nitrogen and oxygen atoms in total. The van der Waals surface area contributed by atoms with Crippen LogP contribution in [-0.4, -0.2) is 49.3 Å². The maximum absolute atomic E-state index is 12.7. The molecule has 0 aromatic heterocycles. The molecule has 0 heterocycles. The molecular formula is C64H116NO8P. The fourth-order valence-electron chi connectivity index (χ4n) is 8.82. The highest BCUT2D eigenvalue weighted by Gasteiger charge is 2.26. The van der Waals surface area contributed by atoms with Gasteiger partial charge in [-0.25, -0.2) is 4.57 Å². The lowest BCUT2D eigenvalue weighted by Crippen LogP contribution is -2.29. The molecule has 0 spiro atoms. The number of phosphoric ester groups is 1. The molecule has 0 saturated heterocycles. The maximum atomic E-state index is 12.7. The summed E-state index contributed by atoms with van der Waals surface area (Å²) in [6.45, 7) is 3.63. The molecule has 3 N–H and O–H groups in total. The zero-order valence-corrected chi connectivity index (χ0v) is 49.0. The molecule has 0 saturated carbocycles. The number of esters is 2. The predicted octanol–water partition coefficient (Wildman–Crippen LogP) is 19.7. The van der Waals surface area contributed by atoms with E-state index in [2.05, 4.69) is 86.8 Å². The van der Waals surface area contributed by atoms with E-state index in [0.29, 0.717) is 6.42 Å². The molecular weight excluding hydrogens is 942 g/mol. The van der Waals surface area contributed by atoms with Gasteiger partial charge in [-0.15, -0.1) is 0 Å². The number of nitrogens with two attached hydrogens (primary N) is 1. The van der Waals surface area contributed by atoms with E-state index in [1.54, 1.807) is 0 Å². The zero-order chi connectivity index (χ0) is 53.8. The summed E-state index contributed by atoms with van der Waals surface area (Å²) in [5.41, 5.74) is 5.38. The van der Waals surface area contributed by atoms with Crippen LogP contribution >= 0.6 is 7.82 Å². The Morgan fingerprint density at radius 3 is 1.11 bits per heavy atom. The molecule has 0 aromatic rings. The van der Waals surface area contributed by atoms with E-state index in [4.69, 9.17) is 24.3 Å². The second kappa shape index (κ2) is 59.7. The fraction of sp³-hybridized carbons (Fsp3) is 0.781. The summed E-state index contributed by atoms with van der Waals surface area (Å²) in [5, 5.41) is 0. The Morgan fingerprint density at radius 1 is 0.419 bits per heavy atom. The van der Waals surface area contributed by atoms with Gasteiger partial charge in [0.25, 0.3) is 0 Å². The minimum Gasteiger partial charge on any atom is -0.462 e. The van der Waals surface area contributed by atoms with Gasteiger partial charge >= 0.3 is 19.8 Å². The normalized spacial score (nSPS) is 13.5. The van der Waals surface area contributed by atoms with Crippen molar-refractivity contribution in [1.29, 1.82) is 0 Å². The molecule has 0 rings (SSSR count). The Balaban J connectivity index is 3.94. The van der Waals surface area contributed by atoms with E-state index in [1.807, 2.05) is 0 Å². The van der Waals surface area contributed by atoms with Gasteiger partial charge in [0.05, 0.1) is 13.2 Å². The minimum absolute atomic E-state index is 0.0467. The average molecular weight is 1060 g/mol. The molecule has 0 aliphatic carbocycles. The van der Waals surface area contributed by atoms with Gasteiger partial charge in [0.15, 0.2) is 6.10 Å². The molecule has 0 fully saturated rings. The number of unbranched alkanes of at least 4 members (excludes halogenated alkanes) is 33. The Kier molecular flexibility index (Phi) is 57.6. The number of carbonyl (C=O) groups is 2. The van der Waals surface area contributed by atoms with Crippen molar-refractivity contribution in [3.05, 3.63) is 72.9 Å². The van der Waals surface area contributed by atoms with Gasteiger partial charge in [-0.2, -0.15) is 0 Å². The highest BCUT2D eigenvalue weighted by Crippen LogP contribution is 2.43. The molecule has 2 unspecified atom stereocenters. The largest absolute Gasteiger partial charge is 0.472 e. The van der Waals surface area contributed by atoms with Gasteiger partial charge in [-0.3, -0.25) is 18.6 Å². The molecule has 0 amide bonds. The summed E-state index contributed by atoms with van der Waals surface area (Å²) in [6.07, 6.45) is 76.9. The quantitative estimate of drug-likeness (QED) is 0.0264. The van der Waals surface area contributed by atoms with Crippen LogP contribution in [0.3, 0.4) is 0 Å². The summed E-state index contributed by atoms with van der Waals surface area (Å²) in [4.78, 5) is 35.2. The summed E-state index contributed by atoms with van der Waals surface area (Å²) in [7, 11) is -4.40. The van der Waals surface area contributed by atoms with Crippen LogP contribution in [0.2, 0.25) is 0 Å².